The minimum atomic E-state index is -0.444. The van der Waals surface area contributed by atoms with Gasteiger partial charge in [0.2, 0.25) is 0 Å². The van der Waals surface area contributed by atoms with E-state index in [4.69, 9.17) is 4.74 Å². The predicted molar refractivity (Wildman–Crippen MR) is 72.4 cm³/mol. The van der Waals surface area contributed by atoms with E-state index >= 15 is 0 Å². The summed E-state index contributed by atoms with van der Waals surface area (Å²) >= 11 is 0. The molecule has 0 bridgehead atoms. The van der Waals surface area contributed by atoms with Crippen molar-refractivity contribution in [2.45, 2.75) is 32.7 Å². The van der Waals surface area contributed by atoms with Crippen molar-refractivity contribution in [3.8, 4) is 0 Å². The second-order valence-electron chi connectivity index (χ2n) is 4.89. The van der Waals surface area contributed by atoms with Gasteiger partial charge < -0.3 is 4.74 Å². The molecule has 108 valence electrons. The molecule has 0 unspecified atom stereocenters. The van der Waals surface area contributed by atoms with Crippen LogP contribution in [-0.4, -0.2) is 37.9 Å². The van der Waals surface area contributed by atoms with E-state index in [1.807, 2.05) is 31.6 Å². The Morgan fingerprint density at radius 2 is 2.20 bits per heavy atom. The minimum absolute atomic E-state index is 0.144. The molecule has 0 amide bonds. The fourth-order valence-corrected chi connectivity index (χ4v) is 2.17. The Balaban J connectivity index is 2.21. The van der Waals surface area contributed by atoms with Gasteiger partial charge in [-0.25, -0.2) is 9.48 Å². The molecule has 7 nitrogen and oxygen atoms in total. The van der Waals surface area contributed by atoms with Crippen molar-refractivity contribution in [1.82, 2.24) is 24.8 Å². The Morgan fingerprint density at radius 1 is 1.45 bits per heavy atom. The van der Waals surface area contributed by atoms with Gasteiger partial charge in [-0.2, -0.15) is 5.10 Å². The Morgan fingerprint density at radius 3 is 2.75 bits per heavy atom. The number of methoxy groups -OCH3 is 1. The molecule has 2 aromatic rings. The molecular formula is C13H19N5O2. The number of nitrogens with zero attached hydrogens (tertiary/aromatic N) is 5. The van der Waals surface area contributed by atoms with Gasteiger partial charge in [0, 0.05) is 31.9 Å². The summed E-state index contributed by atoms with van der Waals surface area (Å²) in [5.41, 5.74) is 2.21. The molecule has 0 radical (unpaired) electrons. The Hall–Kier alpha value is -2.18. The number of carbonyl (C=O) groups is 1. The molecule has 0 aromatic carbocycles. The monoisotopic (exact) mass is 277 g/mol. The van der Waals surface area contributed by atoms with Crippen LogP contribution in [0.2, 0.25) is 0 Å². The Kier molecular flexibility index (Phi) is 4.16. The van der Waals surface area contributed by atoms with Gasteiger partial charge in [-0.3, -0.25) is 4.68 Å². The first-order valence-corrected chi connectivity index (χ1v) is 6.53. The number of rotatable bonds is 5. The summed E-state index contributed by atoms with van der Waals surface area (Å²) in [5.74, 6) is -0.300. The molecule has 0 atom stereocenters. The Bertz CT molecular complexity index is 600. The molecule has 20 heavy (non-hydrogen) atoms. The lowest BCUT2D eigenvalue weighted by Gasteiger charge is -2.10. The van der Waals surface area contributed by atoms with Crippen LogP contribution in [0.15, 0.2) is 12.3 Å². The molecule has 7 heteroatoms. The van der Waals surface area contributed by atoms with Gasteiger partial charge in [0.25, 0.3) is 0 Å². The zero-order chi connectivity index (χ0) is 14.7. The molecule has 0 fully saturated rings. The van der Waals surface area contributed by atoms with E-state index in [2.05, 4.69) is 15.4 Å². The van der Waals surface area contributed by atoms with Crippen molar-refractivity contribution in [3.05, 3.63) is 29.3 Å². The normalized spacial score (nSPS) is 11.1. The van der Waals surface area contributed by atoms with Gasteiger partial charge in [0.05, 0.1) is 12.8 Å². The molecule has 0 aliphatic carbocycles. The van der Waals surface area contributed by atoms with Crippen LogP contribution >= 0.6 is 0 Å². The topological polar surface area (TPSA) is 74.8 Å². The lowest BCUT2D eigenvalue weighted by Crippen LogP contribution is -2.13. The summed E-state index contributed by atoms with van der Waals surface area (Å²) in [6.45, 7) is 4.66. The Labute approximate surface area is 117 Å². The van der Waals surface area contributed by atoms with Gasteiger partial charge >= 0.3 is 5.97 Å². The quantitative estimate of drug-likeness (QED) is 0.767. The summed E-state index contributed by atoms with van der Waals surface area (Å²) in [6, 6.07) is 1.97. The number of ether oxygens (including phenoxy) is 1. The zero-order valence-corrected chi connectivity index (χ0v) is 12.2. The van der Waals surface area contributed by atoms with Crippen molar-refractivity contribution in [2.75, 3.05) is 7.11 Å². The van der Waals surface area contributed by atoms with Crippen LogP contribution in [0.25, 0.3) is 0 Å². The maximum Gasteiger partial charge on any atom is 0.360 e. The molecule has 2 rings (SSSR count). The highest BCUT2D eigenvalue weighted by molar-refractivity contribution is 5.88. The summed E-state index contributed by atoms with van der Waals surface area (Å²) < 4.78 is 8.34. The molecular weight excluding hydrogens is 258 g/mol. The van der Waals surface area contributed by atoms with Crippen molar-refractivity contribution < 1.29 is 9.53 Å². The second kappa shape index (κ2) is 5.85. The first-order chi connectivity index (χ1) is 9.54. The lowest BCUT2D eigenvalue weighted by molar-refractivity contribution is 0.0592. The molecule has 0 saturated heterocycles. The molecule has 0 spiro atoms. The molecule has 0 aliphatic heterocycles. The summed E-state index contributed by atoms with van der Waals surface area (Å²) in [4.78, 5) is 11.7. The summed E-state index contributed by atoms with van der Waals surface area (Å²) in [6.07, 6.45) is 2.54. The molecule has 0 saturated carbocycles. The van der Waals surface area contributed by atoms with Crippen molar-refractivity contribution in [1.29, 1.82) is 0 Å². The third-order valence-electron chi connectivity index (χ3n) is 3.20. The number of aryl methyl sites for hydroxylation is 3. The summed E-state index contributed by atoms with van der Waals surface area (Å²) in [7, 11) is 3.25. The molecule has 2 aromatic heterocycles. The maximum atomic E-state index is 11.7. The number of hydrogen-bond donors (Lipinski definition) is 0. The van der Waals surface area contributed by atoms with Crippen LogP contribution in [0.3, 0.4) is 0 Å². The van der Waals surface area contributed by atoms with E-state index < -0.39 is 5.97 Å². The highest BCUT2D eigenvalue weighted by atomic mass is 16.5. The van der Waals surface area contributed by atoms with Crippen molar-refractivity contribution in [2.24, 2.45) is 7.05 Å². The van der Waals surface area contributed by atoms with Crippen LogP contribution < -0.4 is 0 Å². The third kappa shape index (κ3) is 2.71. The van der Waals surface area contributed by atoms with Crippen LogP contribution in [0.5, 0.6) is 0 Å². The molecule has 0 N–H and O–H groups in total. The largest absolute Gasteiger partial charge is 0.464 e. The van der Waals surface area contributed by atoms with E-state index in [1.54, 1.807) is 10.9 Å². The van der Waals surface area contributed by atoms with Gasteiger partial charge in [0.1, 0.15) is 0 Å². The SMILES string of the molecule is COC(=O)c1nnn(CCc2ccnn2C)c1C(C)C. The molecule has 2 heterocycles. The van der Waals surface area contributed by atoms with E-state index in [0.717, 1.165) is 17.8 Å². The van der Waals surface area contributed by atoms with Gasteiger partial charge in [-0.05, 0) is 12.0 Å². The zero-order valence-electron chi connectivity index (χ0n) is 12.2. The van der Waals surface area contributed by atoms with Gasteiger partial charge in [-0.15, -0.1) is 5.10 Å². The minimum Gasteiger partial charge on any atom is -0.464 e. The van der Waals surface area contributed by atoms with E-state index in [9.17, 15) is 4.79 Å². The first kappa shape index (κ1) is 14.2. The van der Waals surface area contributed by atoms with E-state index in [0.29, 0.717) is 12.2 Å². The smallest absolute Gasteiger partial charge is 0.360 e. The standard InChI is InChI=1S/C13H19N5O2/c1-9(2)12-11(13(19)20-4)15-16-18(12)8-6-10-5-7-14-17(10)3/h5,7,9H,6,8H2,1-4H3. The van der Waals surface area contributed by atoms with Crippen LogP contribution in [0.1, 0.15) is 41.6 Å². The lowest BCUT2D eigenvalue weighted by atomic mass is 10.1. The van der Waals surface area contributed by atoms with Crippen LogP contribution in [0.4, 0.5) is 0 Å². The van der Waals surface area contributed by atoms with Crippen LogP contribution in [0, 0.1) is 0 Å². The van der Waals surface area contributed by atoms with Crippen LogP contribution in [-0.2, 0) is 24.8 Å². The van der Waals surface area contributed by atoms with E-state index in [-0.39, 0.29) is 5.92 Å². The average molecular weight is 277 g/mol. The highest BCUT2D eigenvalue weighted by Crippen LogP contribution is 2.18. The maximum absolute atomic E-state index is 11.7. The second-order valence-corrected chi connectivity index (χ2v) is 4.89. The number of hydrogen-bond acceptors (Lipinski definition) is 5. The van der Waals surface area contributed by atoms with E-state index in [1.165, 1.54) is 7.11 Å². The van der Waals surface area contributed by atoms with Gasteiger partial charge in [-0.1, -0.05) is 19.1 Å². The van der Waals surface area contributed by atoms with Crippen molar-refractivity contribution >= 4 is 5.97 Å². The number of esters is 1. The number of aromatic nitrogens is 5. The fraction of sp³-hybridized carbons (Fsp3) is 0.538. The first-order valence-electron chi connectivity index (χ1n) is 6.53. The predicted octanol–water partition coefficient (Wildman–Crippen LogP) is 1.16. The number of carbonyl (C=O) groups excluding carboxylic acids is 1. The van der Waals surface area contributed by atoms with Gasteiger partial charge in [0.15, 0.2) is 5.69 Å². The molecule has 0 aliphatic rings. The highest BCUT2D eigenvalue weighted by Gasteiger charge is 2.22. The van der Waals surface area contributed by atoms with Crippen molar-refractivity contribution in [3.63, 3.8) is 0 Å². The fourth-order valence-electron chi connectivity index (χ4n) is 2.17. The third-order valence-corrected chi connectivity index (χ3v) is 3.20. The summed E-state index contributed by atoms with van der Waals surface area (Å²) in [5, 5.41) is 12.1. The average Bonchev–Trinajstić information content (AvgIpc) is 3.01.